The summed E-state index contributed by atoms with van der Waals surface area (Å²) < 4.78 is 2.22. The minimum absolute atomic E-state index is 0.954. The molecule has 24 heavy (non-hydrogen) atoms. The van der Waals surface area contributed by atoms with E-state index in [-0.39, 0.29) is 0 Å². The third-order valence-corrected chi connectivity index (χ3v) is 4.50. The molecular weight excluding hydrogens is 294 g/mol. The van der Waals surface area contributed by atoms with Gasteiger partial charge in [-0.3, -0.25) is 9.55 Å². The SMILES string of the molecule is Cc1nc(C)c2c(nc(-c3ccccc3)n2-c2ccccc2)c1C. The van der Waals surface area contributed by atoms with E-state index in [1.54, 1.807) is 0 Å². The molecule has 0 radical (unpaired) electrons. The molecule has 0 aliphatic carbocycles. The van der Waals surface area contributed by atoms with Crippen LogP contribution in [0.2, 0.25) is 0 Å². The Labute approximate surface area is 141 Å². The smallest absolute Gasteiger partial charge is 0.145 e. The largest absolute Gasteiger partial charge is 0.291 e. The van der Waals surface area contributed by atoms with Crippen LogP contribution in [0.25, 0.3) is 28.1 Å². The molecule has 2 aromatic heterocycles. The molecule has 0 fully saturated rings. The number of imidazole rings is 1. The third-order valence-electron chi connectivity index (χ3n) is 4.50. The molecule has 0 bridgehead atoms. The van der Waals surface area contributed by atoms with Crippen molar-refractivity contribution in [2.45, 2.75) is 20.8 Å². The fourth-order valence-electron chi connectivity index (χ4n) is 3.18. The zero-order valence-corrected chi connectivity index (χ0v) is 14.1. The molecule has 3 heteroatoms. The fraction of sp³-hybridized carbons (Fsp3) is 0.143. The Hall–Kier alpha value is -2.94. The summed E-state index contributed by atoms with van der Waals surface area (Å²) in [5, 5.41) is 0. The Kier molecular flexibility index (Phi) is 3.42. The van der Waals surface area contributed by atoms with Gasteiger partial charge >= 0.3 is 0 Å². The number of para-hydroxylation sites is 1. The first-order valence-electron chi connectivity index (χ1n) is 8.14. The van der Waals surface area contributed by atoms with E-state index in [2.05, 4.69) is 54.8 Å². The highest BCUT2D eigenvalue weighted by Crippen LogP contribution is 2.32. The van der Waals surface area contributed by atoms with Crippen molar-refractivity contribution in [2.75, 3.05) is 0 Å². The second-order valence-electron chi connectivity index (χ2n) is 6.08. The molecule has 3 nitrogen and oxygen atoms in total. The van der Waals surface area contributed by atoms with Gasteiger partial charge in [0.2, 0.25) is 0 Å². The van der Waals surface area contributed by atoms with Crippen molar-refractivity contribution in [3.63, 3.8) is 0 Å². The maximum absolute atomic E-state index is 5.00. The molecule has 0 amide bonds. The molecule has 0 atom stereocenters. The van der Waals surface area contributed by atoms with Crippen LogP contribution in [0.15, 0.2) is 60.7 Å². The van der Waals surface area contributed by atoms with E-state index in [0.717, 1.165) is 45.1 Å². The Balaban J connectivity index is 2.16. The van der Waals surface area contributed by atoms with Crippen LogP contribution < -0.4 is 0 Å². The zero-order chi connectivity index (χ0) is 16.7. The molecule has 0 unspecified atom stereocenters. The van der Waals surface area contributed by atoms with Crippen LogP contribution in [0.4, 0.5) is 0 Å². The van der Waals surface area contributed by atoms with Gasteiger partial charge in [-0.1, -0.05) is 48.5 Å². The van der Waals surface area contributed by atoms with Crippen LogP contribution >= 0.6 is 0 Å². The van der Waals surface area contributed by atoms with E-state index in [9.17, 15) is 0 Å². The van der Waals surface area contributed by atoms with Gasteiger partial charge in [0.15, 0.2) is 0 Å². The van der Waals surface area contributed by atoms with Gasteiger partial charge in [0.25, 0.3) is 0 Å². The number of nitrogens with zero attached hydrogens (tertiary/aromatic N) is 3. The summed E-state index contributed by atoms with van der Waals surface area (Å²) >= 11 is 0. The standard InChI is InChI=1S/C21H19N3/c1-14-15(2)22-16(3)20-19(14)23-21(17-10-6-4-7-11-17)24(20)18-12-8-5-9-13-18/h4-13H,1-3H3. The molecule has 0 aliphatic heterocycles. The Morgan fingerprint density at radius 1 is 0.708 bits per heavy atom. The van der Waals surface area contributed by atoms with Crippen LogP contribution in [0.5, 0.6) is 0 Å². The first-order valence-corrected chi connectivity index (χ1v) is 8.14. The minimum atomic E-state index is 0.954. The van der Waals surface area contributed by atoms with Gasteiger partial charge in [-0.15, -0.1) is 0 Å². The Bertz CT molecular complexity index is 1020. The maximum atomic E-state index is 5.00. The van der Waals surface area contributed by atoms with Gasteiger partial charge in [-0.2, -0.15) is 0 Å². The molecule has 2 heterocycles. The van der Waals surface area contributed by atoms with Crippen molar-refractivity contribution in [3.8, 4) is 17.1 Å². The van der Waals surface area contributed by atoms with Crippen molar-refractivity contribution in [2.24, 2.45) is 0 Å². The quantitative estimate of drug-likeness (QED) is 0.520. The van der Waals surface area contributed by atoms with E-state index in [4.69, 9.17) is 9.97 Å². The number of hydrogen-bond donors (Lipinski definition) is 0. The van der Waals surface area contributed by atoms with Gasteiger partial charge in [-0.05, 0) is 38.5 Å². The first kappa shape index (κ1) is 14.6. The summed E-state index contributed by atoms with van der Waals surface area (Å²) in [6, 6.07) is 20.7. The molecular formula is C21H19N3. The molecule has 0 saturated heterocycles. The molecule has 4 rings (SSSR count). The Morgan fingerprint density at radius 3 is 2.00 bits per heavy atom. The summed E-state index contributed by atoms with van der Waals surface area (Å²) in [6.45, 7) is 6.21. The number of hydrogen-bond acceptors (Lipinski definition) is 2. The second kappa shape index (κ2) is 5.60. The average Bonchev–Trinajstić information content (AvgIpc) is 3.02. The van der Waals surface area contributed by atoms with Crippen LogP contribution in [-0.4, -0.2) is 14.5 Å². The highest BCUT2D eigenvalue weighted by molar-refractivity contribution is 5.87. The summed E-state index contributed by atoms with van der Waals surface area (Å²) in [6.07, 6.45) is 0. The molecule has 4 aromatic rings. The lowest BCUT2D eigenvalue weighted by Crippen LogP contribution is -2.00. The lowest BCUT2D eigenvalue weighted by atomic mass is 10.1. The molecule has 0 aliphatic rings. The van der Waals surface area contributed by atoms with E-state index in [0.29, 0.717) is 0 Å². The topological polar surface area (TPSA) is 30.7 Å². The third kappa shape index (κ3) is 2.21. The lowest BCUT2D eigenvalue weighted by Gasteiger charge is -2.11. The summed E-state index contributed by atoms with van der Waals surface area (Å²) in [7, 11) is 0. The van der Waals surface area contributed by atoms with Crippen LogP contribution in [-0.2, 0) is 0 Å². The molecule has 118 valence electrons. The van der Waals surface area contributed by atoms with Crippen LogP contribution in [0.1, 0.15) is 17.0 Å². The van der Waals surface area contributed by atoms with Crippen molar-refractivity contribution < 1.29 is 0 Å². The highest BCUT2D eigenvalue weighted by atomic mass is 15.1. The maximum Gasteiger partial charge on any atom is 0.145 e. The predicted octanol–water partition coefficient (Wildman–Crippen LogP) is 5.01. The second-order valence-corrected chi connectivity index (χ2v) is 6.08. The summed E-state index contributed by atoms with van der Waals surface area (Å²) in [5.74, 6) is 0.954. The number of benzene rings is 2. The lowest BCUT2D eigenvalue weighted by molar-refractivity contribution is 1.06. The monoisotopic (exact) mass is 313 g/mol. The molecule has 0 spiro atoms. The van der Waals surface area contributed by atoms with E-state index in [1.807, 2.05) is 31.2 Å². The zero-order valence-electron chi connectivity index (χ0n) is 14.1. The van der Waals surface area contributed by atoms with Gasteiger partial charge in [0, 0.05) is 16.9 Å². The van der Waals surface area contributed by atoms with Crippen molar-refractivity contribution in [3.05, 3.63) is 77.6 Å². The first-order chi connectivity index (χ1) is 11.7. The molecule has 0 N–H and O–H groups in total. The Morgan fingerprint density at radius 2 is 1.33 bits per heavy atom. The predicted molar refractivity (Wildman–Crippen MR) is 98.5 cm³/mol. The van der Waals surface area contributed by atoms with Crippen molar-refractivity contribution >= 4 is 11.0 Å². The van der Waals surface area contributed by atoms with Gasteiger partial charge in [0.1, 0.15) is 5.82 Å². The van der Waals surface area contributed by atoms with Gasteiger partial charge in [-0.25, -0.2) is 4.98 Å². The van der Waals surface area contributed by atoms with E-state index >= 15 is 0 Å². The van der Waals surface area contributed by atoms with E-state index < -0.39 is 0 Å². The fourth-order valence-corrected chi connectivity index (χ4v) is 3.18. The van der Waals surface area contributed by atoms with Crippen LogP contribution in [0, 0.1) is 20.8 Å². The summed E-state index contributed by atoms with van der Waals surface area (Å²) in [4.78, 5) is 9.74. The van der Waals surface area contributed by atoms with Gasteiger partial charge < -0.3 is 0 Å². The number of fused-ring (bicyclic) bond motifs is 1. The summed E-state index contributed by atoms with van der Waals surface area (Å²) in [5.41, 5.74) is 7.51. The van der Waals surface area contributed by atoms with Crippen LogP contribution in [0.3, 0.4) is 0 Å². The number of pyridine rings is 1. The van der Waals surface area contributed by atoms with Crippen molar-refractivity contribution in [1.82, 2.24) is 14.5 Å². The molecule has 0 saturated carbocycles. The number of rotatable bonds is 2. The number of aryl methyl sites for hydroxylation is 3. The van der Waals surface area contributed by atoms with E-state index in [1.165, 1.54) is 0 Å². The highest BCUT2D eigenvalue weighted by Gasteiger charge is 2.19. The average molecular weight is 313 g/mol. The minimum Gasteiger partial charge on any atom is -0.291 e. The molecule has 2 aromatic carbocycles. The van der Waals surface area contributed by atoms with Crippen molar-refractivity contribution in [1.29, 1.82) is 0 Å². The van der Waals surface area contributed by atoms with Gasteiger partial charge in [0.05, 0.1) is 16.7 Å². The normalized spacial score (nSPS) is 11.1. The number of aromatic nitrogens is 3.